The fourth-order valence-electron chi connectivity index (χ4n) is 4.10. The number of benzene rings is 3. The van der Waals surface area contributed by atoms with Crippen LogP contribution in [0.2, 0.25) is 0 Å². The quantitative estimate of drug-likeness (QED) is 0.328. The Bertz CT molecular complexity index is 1260. The molecule has 6 heteroatoms. The number of carbonyl (C=O) groups excluding carboxylic acids is 2. The lowest BCUT2D eigenvalue weighted by atomic mass is 9.94. The number of carbonyl (C=O) groups is 2. The molecule has 168 valence electrons. The number of hydrogen-bond acceptors (Lipinski definition) is 5. The molecule has 1 fully saturated rings. The standard InChI is InChI=1S/C27H25NO5/c1-4-33-21-9-6-8-19(15-21)25(30)23-24(18-11-13-20(29)14-12-18)28(27(32)26(23)31)22-10-5-7-16(2)17(22)3/h5-15,24,29-30H,4H2,1-3H3/b25-23+. The van der Waals surface area contributed by atoms with E-state index in [9.17, 15) is 19.8 Å². The zero-order chi connectivity index (χ0) is 23.7. The van der Waals surface area contributed by atoms with Gasteiger partial charge in [-0.15, -0.1) is 0 Å². The van der Waals surface area contributed by atoms with E-state index < -0.39 is 17.7 Å². The molecule has 1 aliphatic heterocycles. The zero-order valence-electron chi connectivity index (χ0n) is 18.7. The van der Waals surface area contributed by atoms with E-state index in [1.54, 1.807) is 42.5 Å². The number of amides is 1. The molecule has 1 amide bonds. The average Bonchev–Trinajstić information content (AvgIpc) is 3.06. The summed E-state index contributed by atoms with van der Waals surface area (Å²) in [4.78, 5) is 28.0. The molecule has 0 radical (unpaired) electrons. The molecule has 33 heavy (non-hydrogen) atoms. The van der Waals surface area contributed by atoms with Crippen molar-refractivity contribution in [1.29, 1.82) is 0 Å². The van der Waals surface area contributed by atoms with Crippen molar-refractivity contribution in [3.05, 3.63) is 94.6 Å². The Morgan fingerprint density at radius 3 is 2.39 bits per heavy atom. The molecule has 0 aliphatic carbocycles. The van der Waals surface area contributed by atoms with Crippen LogP contribution in [0.25, 0.3) is 5.76 Å². The Morgan fingerprint density at radius 2 is 1.70 bits per heavy atom. The highest BCUT2D eigenvalue weighted by molar-refractivity contribution is 6.51. The number of aryl methyl sites for hydroxylation is 1. The molecule has 1 aliphatic rings. The van der Waals surface area contributed by atoms with E-state index in [1.807, 2.05) is 32.9 Å². The van der Waals surface area contributed by atoms with E-state index in [1.165, 1.54) is 17.0 Å². The van der Waals surface area contributed by atoms with E-state index in [0.29, 0.717) is 29.2 Å². The van der Waals surface area contributed by atoms with E-state index in [0.717, 1.165) is 11.1 Å². The number of phenolic OH excluding ortho intramolecular Hbond substituents is 1. The summed E-state index contributed by atoms with van der Waals surface area (Å²) in [5.41, 5.74) is 3.39. The summed E-state index contributed by atoms with van der Waals surface area (Å²) in [5.74, 6) is -1.16. The second-order valence-electron chi connectivity index (χ2n) is 7.94. The molecule has 1 heterocycles. The number of Topliss-reactive ketones (excluding diaryl/α,β-unsaturated/α-hetero) is 1. The minimum atomic E-state index is -0.859. The van der Waals surface area contributed by atoms with Crippen LogP contribution < -0.4 is 9.64 Å². The molecular weight excluding hydrogens is 418 g/mol. The van der Waals surface area contributed by atoms with Crippen LogP contribution in [0.5, 0.6) is 11.5 Å². The number of phenols is 1. The third-order valence-corrected chi connectivity index (χ3v) is 5.91. The summed E-state index contributed by atoms with van der Waals surface area (Å²) < 4.78 is 5.53. The summed E-state index contributed by atoms with van der Waals surface area (Å²) in [7, 11) is 0. The summed E-state index contributed by atoms with van der Waals surface area (Å²) in [6, 6.07) is 17.8. The molecule has 3 aromatic rings. The number of aliphatic hydroxyl groups excluding tert-OH is 1. The number of hydrogen-bond donors (Lipinski definition) is 2. The Hall–Kier alpha value is -4.06. The van der Waals surface area contributed by atoms with Crippen LogP contribution in [-0.4, -0.2) is 28.5 Å². The smallest absolute Gasteiger partial charge is 0.300 e. The maximum atomic E-state index is 13.3. The second kappa shape index (κ2) is 8.82. The first-order valence-corrected chi connectivity index (χ1v) is 10.7. The van der Waals surface area contributed by atoms with Gasteiger partial charge >= 0.3 is 0 Å². The van der Waals surface area contributed by atoms with Crippen LogP contribution in [-0.2, 0) is 9.59 Å². The number of ketones is 1. The van der Waals surface area contributed by atoms with Gasteiger partial charge in [0, 0.05) is 11.3 Å². The van der Waals surface area contributed by atoms with Crippen LogP contribution in [0, 0.1) is 13.8 Å². The normalized spacial score (nSPS) is 17.4. The van der Waals surface area contributed by atoms with Crippen LogP contribution in [0.3, 0.4) is 0 Å². The fourth-order valence-corrected chi connectivity index (χ4v) is 4.10. The molecule has 1 saturated heterocycles. The highest BCUT2D eigenvalue weighted by Crippen LogP contribution is 2.43. The van der Waals surface area contributed by atoms with Gasteiger partial charge in [-0.3, -0.25) is 14.5 Å². The maximum absolute atomic E-state index is 13.3. The molecule has 0 aromatic heterocycles. The van der Waals surface area contributed by atoms with Crippen molar-refractivity contribution < 1.29 is 24.5 Å². The predicted octanol–water partition coefficient (Wildman–Crippen LogP) is 5.03. The van der Waals surface area contributed by atoms with Crippen molar-refractivity contribution in [3.63, 3.8) is 0 Å². The number of aliphatic hydroxyl groups is 1. The predicted molar refractivity (Wildman–Crippen MR) is 126 cm³/mol. The maximum Gasteiger partial charge on any atom is 0.300 e. The molecular formula is C27H25NO5. The Morgan fingerprint density at radius 1 is 1.00 bits per heavy atom. The minimum absolute atomic E-state index is 0.0137. The lowest BCUT2D eigenvalue weighted by molar-refractivity contribution is -0.132. The first-order valence-electron chi connectivity index (χ1n) is 10.7. The average molecular weight is 443 g/mol. The van der Waals surface area contributed by atoms with Gasteiger partial charge < -0.3 is 14.9 Å². The lowest BCUT2D eigenvalue weighted by Gasteiger charge is -2.27. The van der Waals surface area contributed by atoms with Crippen molar-refractivity contribution in [1.82, 2.24) is 0 Å². The van der Waals surface area contributed by atoms with Gasteiger partial charge in [-0.1, -0.05) is 36.4 Å². The molecule has 1 atom stereocenters. The largest absolute Gasteiger partial charge is 0.508 e. The van der Waals surface area contributed by atoms with Crippen molar-refractivity contribution in [2.45, 2.75) is 26.8 Å². The fraction of sp³-hybridized carbons (Fsp3) is 0.185. The van der Waals surface area contributed by atoms with Gasteiger partial charge in [-0.25, -0.2) is 0 Å². The molecule has 0 saturated carbocycles. The number of nitrogens with zero attached hydrogens (tertiary/aromatic N) is 1. The zero-order valence-corrected chi connectivity index (χ0v) is 18.7. The van der Waals surface area contributed by atoms with Gasteiger partial charge in [0.25, 0.3) is 11.7 Å². The van der Waals surface area contributed by atoms with Crippen LogP contribution in [0.1, 0.15) is 35.2 Å². The minimum Gasteiger partial charge on any atom is -0.508 e. The number of rotatable bonds is 5. The van der Waals surface area contributed by atoms with Gasteiger partial charge in [0.2, 0.25) is 0 Å². The van der Waals surface area contributed by atoms with Crippen molar-refractivity contribution in [3.8, 4) is 11.5 Å². The molecule has 4 rings (SSSR count). The molecule has 1 unspecified atom stereocenters. The number of aromatic hydroxyl groups is 1. The SMILES string of the molecule is CCOc1cccc(/C(O)=C2\C(=O)C(=O)N(c3cccc(C)c3C)C2c2ccc(O)cc2)c1. The van der Waals surface area contributed by atoms with Gasteiger partial charge in [0.05, 0.1) is 18.2 Å². The van der Waals surface area contributed by atoms with Crippen LogP contribution in [0.4, 0.5) is 5.69 Å². The van der Waals surface area contributed by atoms with E-state index in [4.69, 9.17) is 4.74 Å². The third kappa shape index (κ3) is 3.96. The first-order chi connectivity index (χ1) is 15.8. The second-order valence-corrected chi connectivity index (χ2v) is 7.94. The van der Waals surface area contributed by atoms with Crippen LogP contribution in [0.15, 0.2) is 72.3 Å². The number of anilines is 1. The van der Waals surface area contributed by atoms with E-state index in [2.05, 4.69) is 0 Å². The molecule has 0 bridgehead atoms. The summed E-state index contributed by atoms with van der Waals surface area (Å²) >= 11 is 0. The topological polar surface area (TPSA) is 87.1 Å². The van der Waals surface area contributed by atoms with Gasteiger partial charge in [-0.2, -0.15) is 0 Å². The van der Waals surface area contributed by atoms with E-state index >= 15 is 0 Å². The molecule has 2 N–H and O–H groups in total. The summed E-state index contributed by atoms with van der Waals surface area (Å²) in [6.07, 6.45) is 0. The molecule has 0 spiro atoms. The summed E-state index contributed by atoms with van der Waals surface area (Å²) in [6.45, 7) is 6.13. The van der Waals surface area contributed by atoms with Gasteiger partial charge in [0.15, 0.2) is 0 Å². The Kier molecular flexibility index (Phi) is 5.92. The third-order valence-electron chi connectivity index (χ3n) is 5.91. The summed E-state index contributed by atoms with van der Waals surface area (Å²) in [5, 5.41) is 21.0. The van der Waals surface area contributed by atoms with Crippen molar-refractivity contribution >= 4 is 23.1 Å². The number of ether oxygens (including phenoxy) is 1. The highest BCUT2D eigenvalue weighted by atomic mass is 16.5. The monoisotopic (exact) mass is 443 g/mol. The first kappa shape index (κ1) is 22.1. The molecule has 3 aromatic carbocycles. The lowest BCUT2D eigenvalue weighted by Crippen LogP contribution is -2.30. The van der Waals surface area contributed by atoms with Gasteiger partial charge in [0.1, 0.15) is 17.3 Å². The van der Waals surface area contributed by atoms with Crippen molar-refractivity contribution in [2.75, 3.05) is 11.5 Å². The highest BCUT2D eigenvalue weighted by Gasteiger charge is 2.47. The van der Waals surface area contributed by atoms with Crippen LogP contribution >= 0.6 is 0 Å². The Balaban J connectivity index is 1.95. The van der Waals surface area contributed by atoms with E-state index in [-0.39, 0.29) is 17.1 Å². The van der Waals surface area contributed by atoms with Crippen molar-refractivity contribution in [2.24, 2.45) is 0 Å². The molecule has 6 nitrogen and oxygen atoms in total. The van der Waals surface area contributed by atoms with Gasteiger partial charge in [-0.05, 0) is 67.8 Å². The Labute approximate surface area is 192 Å².